The molecule has 0 spiro atoms. The van der Waals surface area contributed by atoms with Gasteiger partial charge >= 0.3 is 0 Å². The summed E-state index contributed by atoms with van der Waals surface area (Å²) in [5.74, 6) is -0.233. The van der Waals surface area contributed by atoms with Gasteiger partial charge in [-0.15, -0.1) is 0 Å². The van der Waals surface area contributed by atoms with Crippen LogP contribution in [0.15, 0.2) is 24.4 Å². The quantitative estimate of drug-likeness (QED) is 0.609. The van der Waals surface area contributed by atoms with E-state index in [-0.39, 0.29) is 5.82 Å². The van der Waals surface area contributed by atoms with E-state index < -0.39 is 0 Å². The monoisotopic (exact) mass is 177 g/mol. The minimum atomic E-state index is -0.233. The summed E-state index contributed by atoms with van der Waals surface area (Å²) in [6.07, 6.45) is 1.92. The van der Waals surface area contributed by atoms with Crippen molar-refractivity contribution in [2.75, 3.05) is 18.1 Å². The maximum atomic E-state index is 12.8. The summed E-state index contributed by atoms with van der Waals surface area (Å²) in [5, 5.41) is 7.29. The van der Waals surface area contributed by atoms with E-state index in [9.17, 15) is 4.39 Å². The van der Waals surface area contributed by atoms with Crippen LogP contribution in [0.2, 0.25) is 0 Å². The third-order valence-corrected chi connectivity index (χ3v) is 2.17. The Bertz CT molecular complexity index is 459. The molecule has 1 aliphatic heterocycles. The Hall–Kier alpha value is -1.58. The first kappa shape index (κ1) is 6.88. The highest BCUT2D eigenvalue weighted by molar-refractivity contribution is 5.78. The maximum Gasteiger partial charge on any atom is 0.125 e. The molecule has 1 aromatic carbocycles. The molecule has 1 saturated heterocycles. The topological polar surface area (TPSA) is 20.8 Å². The van der Waals surface area contributed by atoms with Gasteiger partial charge in [0.1, 0.15) is 5.82 Å². The van der Waals surface area contributed by atoms with Gasteiger partial charge in [-0.25, -0.2) is 4.39 Å². The number of halogens is 1. The molecule has 3 rings (SSSR count). The third-order valence-electron chi connectivity index (χ3n) is 2.17. The van der Waals surface area contributed by atoms with Gasteiger partial charge in [-0.05, 0) is 12.1 Å². The second-order valence-corrected chi connectivity index (χ2v) is 3.21. The van der Waals surface area contributed by atoms with Crippen molar-refractivity contribution >= 4 is 10.9 Å². The molecule has 2 aromatic rings. The molecule has 0 bridgehead atoms. The molecular weight excluding hydrogens is 169 g/mol. The number of fused-ring (bicyclic) bond motifs is 1. The second kappa shape index (κ2) is 2.22. The predicted octanol–water partition coefficient (Wildman–Crippen LogP) is 1.13. The molecule has 0 unspecified atom stereocenters. The van der Waals surface area contributed by atoms with Crippen molar-refractivity contribution in [3.63, 3.8) is 0 Å². The Morgan fingerprint density at radius 2 is 2.15 bits per heavy atom. The molecule has 0 atom stereocenters. The van der Waals surface area contributed by atoms with Gasteiger partial charge in [0.25, 0.3) is 0 Å². The fraction of sp³-hybridized carbons (Fsp3) is 0.222. The Balaban J connectivity index is 2.20. The molecule has 1 aromatic heterocycles. The van der Waals surface area contributed by atoms with Crippen molar-refractivity contribution in [3.05, 3.63) is 30.2 Å². The van der Waals surface area contributed by atoms with Crippen molar-refractivity contribution in [3.8, 4) is 0 Å². The molecule has 13 heavy (non-hydrogen) atoms. The van der Waals surface area contributed by atoms with Crippen molar-refractivity contribution in [1.82, 2.24) is 9.89 Å². The molecule has 4 heteroatoms. The van der Waals surface area contributed by atoms with Crippen molar-refractivity contribution < 1.29 is 4.39 Å². The molecule has 66 valence electrons. The van der Waals surface area contributed by atoms with Gasteiger partial charge in [0.15, 0.2) is 0 Å². The molecule has 0 saturated carbocycles. The van der Waals surface area contributed by atoms with Crippen LogP contribution in [0, 0.1) is 5.82 Å². The van der Waals surface area contributed by atoms with Gasteiger partial charge in [-0.3, -0.25) is 5.01 Å². The van der Waals surface area contributed by atoms with E-state index in [2.05, 4.69) is 10.1 Å². The lowest BCUT2D eigenvalue weighted by molar-refractivity contribution is 0.629. The van der Waals surface area contributed by atoms with E-state index in [0.717, 1.165) is 18.5 Å². The van der Waals surface area contributed by atoms with Crippen LogP contribution in [0.1, 0.15) is 0 Å². The maximum absolute atomic E-state index is 12.8. The van der Waals surface area contributed by atoms with Crippen LogP contribution in [-0.2, 0) is 0 Å². The van der Waals surface area contributed by atoms with E-state index in [1.807, 2.05) is 6.20 Å². The van der Waals surface area contributed by atoms with Crippen LogP contribution in [0.4, 0.5) is 4.39 Å². The average Bonchev–Trinajstić information content (AvgIpc) is 2.87. The van der Waals surface area contributed by atoms with Crippen molar-refractivity contribution in [1.29, 1.82) is 0 Å². The summed E-state index contributed by atoms with van der Waals surface area (Å²) < 4.78 is 12.8. The molecule has 1 fully saturated rings. The minimum Gasteiger partial charge on any atom is -0.293 e. The van der Waals surface area contributed by atoms with Gasteiger partial charge < -0.3 is 0 Å². The van der Waals surface area contributed by atoms with Crippen molar-refractivity contribution in [2.24, 2.45) is 0 Å². The fourth-order valence-corrected chi connectivity index (χ4v) is 1.37. The minimum absolute atomic E-state index is 0.233. The van der Waals surface area contributed by atoms with Crippen LogP contribution in [0.3, 0.4) is 0 Å². The highest BCUT2D eigenvalue weighted by Gasteiger charge is 2.18. The zero-order chi connectivity index (χ0) is 8.84. The second-order valence-electron chi connectivity index (χ2n) is 3.21. The molecule has 2 heterocycles. The molecule has 0 N–H and O–H groups in total. The summed E-state index contributed by atoms with van der Waals surface area (Å²) in [4.78, 5) is 1.78. The SMILES string of the molecule is Fc1ccc2cn(N3CC3)nc2c1. The van der Waals surface area contributed by atoms with E-state index in [0.29, 0.717) is 5.52 Å². The van der Waals surface area contributed by atoms with E-state index >= 15 is 0 Å². The molecule has 0 amide bonds. The summed E-state index contributed by atoms with van der Waals surface area (Å²) in [6, 6.07) is 4.66. The van der Waals surface area contributed by atoms with Gasteiger partial charge in [-0.1, -0.05) is 0 Å². The first-order valence-electron chi connectivity index (χ1n) is 4.23. The average molecular weight is 177 g/mol. The third kappa shape index (κ3) is 1.06. The Morgan fingerprint density at radius 3 is 2.92 bits per heavy atom. The van der Waals surface area contributed by atoms with Gasteiger partial charge in [0.2, 0.25) is 0 Å². The normalized spacial score (nSPS) is 15.3. The number of aromatic nitrogens is 2. The first-order chi connectivity index (χ1) is 6.33. The largest absolute Gasteiger partial charge is 0.293 e. The number of benzene rings is 1. The van der Waals surface area contributed by atoms with Crippen LogP contribution in [0.25, 0.3) is 10.9 Å². The van der Waals surface area contributed by atoms with Crippen LogP contribution >= 0.6 is 0 Å². The van der Waals surface area contributed by atoms with E-state index in [1.165, 1.54) is 12.1 Å². The zero-order valence-electron chi connectivity index (χ0n) is 6.94. The number of hydrogen-bond acceptors (Lipinski definition) is 2. The van der Waals surface area contributed by atoms with Gasteiger partial charge in [0, 0.05) is 11.5 Å². The molecule has 0 radical (unpaired) electrons. The van der Waals surface area contributed by atoms with Crippen molar-refractivity contribution in [2.45, 2.75) is 0 Å². The number of hydrogen-bond donors (Lipinski definition) is 0. The molecular formula is C9H8FN3. The molecule has 3 nitrogen and oxygen atoms in total. The lowest BCUT2D eigenvalue weighted by Crippen LogP contribution is -2.11. The van der Waals surface area contributed by atoms with Crippen LogP contribution in [-0.4, -0.2) is 23.0 Å². The van der Waals surface area contributed by atoms with Gasteiger partial charge in [0.05, 0.1) is 24.8 Å². The fourth-order valence-electron chi connectivity index (χ4n) is 1.37. The smallest absolute Gasteiger partial charge is 0.125 e. The van der Waals surface area contributed by atoms with E-state index in [4.69, 9.17) is 0 Å². The Kier molecular flexibility index (Phi) is 1.17. The summed E-state index contributed by atoms with van der Waals surface area (Å²) in [7, 11) is 0. The first-order valence-corrected chi connectivity index (χ1v) is 4.23. The summed E-state index contributed by atoms with van der Waals surface area (Å²) in [5.41, 5.74) is 0.715. The molecule has 0 aliphatic carbocycles. The lowest BCUT2D eigenvalue weighted by atomic mass is 10.2. The highest BCUT2D eigenvalue weighted by atomic mass is 19.1. The predicted molar refractivity (Wildman–Crippen MR) is 47.6 cm³/mol. The zero-order valence-corrected chi connectivity index (χ0v) is 6.94. The Morgan fingerprint density at radius 1 is 1.31 bits per heavy atom. The number of nitrogens with zero attached hydrogens (tertiary/aromatic N) is 3. The van der Waals surface area contributed by atoms with Gasteiger partial charge in [-0.2, -0.15) is 9.89 Å². The number of rotatable bonds is 1. The summed E-state index contributed by atoms with van der Waals surface area (Å²) in [6.45, 7) is 2.08. The summed E-state index contributed by atoms with van der Waals surface area (Å²) >= 11 is 0. The van der Waals surface area contributed by atoms with E-state index in [1.54, 1.807) is 10.9 Å². The molecule has 1 aliphatic rings. The van der Waals surface area contributed by atoms with Crippen LogP contribution < -0.4 is 5.01 Å². The Labute approximate surface area is 74.3 Å². The standard InChI is InChI=1S/C9H8FN3/c10-8-2-1-7-6-13(12-3-4-12)11-9(7)5-8/h1-2,5-6H,3-4H2. The van der Waals surface area contributed by atoms with Crippen LogP contribution in [0.5, 0.6) is 0 Å². The lowest BCUT2D eigenvalue weighted by Gasteiger charge is -1.97. The highest BCUT2D eigenvalue weighted by Crippen LogP contribution is 2.15.